The molecule has 0 aliphatic carbocycles. The normalized spacial score (nSPS) is 11.2. The SMILES string of the molecule is CCOC(=O)CCN(C)c1ccc(S(N)(=O)=O)cc1F. The van der Waals surface area contributed by atoms with Gasteiger partial charge in [-0.15, -0.1) is 0 Å². The Kier molecular flexibility index (Phi) is 5.46. The van der Waals surface area contributed by atoms with Crippen LogP contribution in [-0.2, 0) is 19.6 Å². The molecule has 0 amide bonds. The lowest BCUT2D eigenvalue weighted by molar-refractivity contribution is -0.142. The summed E-state index contributed by atoms with van der Waals surface area (Å²) in [7, 11) is -2.34. The molecule has 0 bridgehead atoms. The Labute approximate surface area is 117 Å². The zero-order valence-electron chi connectivity index (χ0n) is 11.3. The molecule has 0 unspecified atom stereocenters. The van der Waals surface area contributed by atoms with Gasteiger partial charge in [0.2, 0.25) is 10.0 Å². The van der Waals surface area contributed by atoms with E-state index in [2.05, 4.69) is 0 Å². The maximum Gasteiger partial charge on any atom is 0.307 e. The second-order valence-electron chi connectivity index (χ2n) is 4.13. The molecule has 8 heteroatoms. The Balaban J connectivity index is 2.79. The van der Waals surface area contributed by atoms with Gasteiger partial charge in [0.1, 0.15) is 5.82 Å². The Morgan fingerprint density at radius 1 is 1.45 bits per heavy atom. The largest absolute Gasteiger partial charge is 0.466 e. The summed E-state index contributed by atoms with van der Waals surface area (Å²) >= 11 is 0. The predicted octanol–water partition coefficient (Wildman–Crippen LogP) is 0.863. The molecule has 1 aromatic carbocycles. The number of nitrogens with zero attached hydrogens (tertiary/aromatic N) is 1. The molecule has 1 aromatic rings. The van der Waals surface area contributed by atoms with Gasteiger partial charge in [-0.1, -0.05) is 0 Å². The molecule has 1 rings (SSSR count). The lowest BCUT2D eigenvalue weighted by atomic mass is 10.2. The van der Waals surface area contributed by atoms with E-state index in [1.54, 1.807) is 14.0 Å². The Hall–Kier alpha value is -1.67. The van der Waals surface area contributed by atoms with Gasteiger partial charge in [0.15, 0.2) is 0 Å². The lowest BCUT2D eigenvalue weighted by Crippen LogP contribution is -2.23. The quantitative estimate of drug-likeness (QED) is 0.787. The van der Waals surface area contributed by atoms with Crippen molar-refractivity contribution >= 4 is 21.7 Å². The van der Waals surface area contributed by atoms with E-state index in [1.165, 1.54) is 17.0 Å². The summed E-state index contributed by atoms with van der Waals surface area (Å²) in [5, 5.41) is 4.91. The van der Waals surface area contributed by atoms with Crippen LogP contribution >= 0.6 is 0 Å². The highest BCUT2D eigenvalue weighted by molar-refractivity contribution is 7.89. The smallest absolute Gasteiger partial charge is 0.307 e. The first kappa shape index (κ1) is 16.4. The monoisotopic (exact) mass is 304 g/mol. The van der Waals surface area contributed by atoms with Crippen LogP contribution in [0.2, 0.25) is 0 Å². The number of carbonyl (C=O) groups is 1. The van der Waals surface area contributed by atoms with Crippen molar-refractivity contribution in [3.8, 4) is 0 Å². The number of halogens is 1. The van der Waals surface area contributed by atoms with Gasteiger partial charge in [-0.2, -0.15) is 0 Å². The molecule has 6 nitrogen and oxygen atoms in total. The maximum absolute atomic E-state index is 13.8. The number of esters is 1. The molecular weight excluding hydrogens is 287 g/mol. The zero-order valence-corrected chi connectivity index (χ0v) is 12.1. The van der Waals surface area contributed by atoms with Gasteiger partial charge in [-0.05, 0) is 25.1 Å². The topological polar surface area (TPSA) is 89.7 Å². The molecule has 0 spiro atoms. The van der Waals surface area contributed by atoms with Gasteiger partial charge in [-0.25, -0.2) is 17.9 Å². The average Bonchev–Trinajstić information content (AvgIpc) is 2.35. The molecule has 0 aliphatic heterocycles. The molecule has 0 aromatic heterocycles. The van der Waals surface area contributed by atoms with E-state index in [1.807, 2.05) is 0 Å². The van der Waals surface area contributed by atoms with Crippen molar-refractivity contribution in [2.75, 3.05) is 25.1 Å². The molecule has 0 fully saturated rings. The first-order valence-electron chi connectivity index (χ1n) is 5.94. The van der Waals surface area contributed by atoms with E-state index < -0.39 is 15.8 Å². The van der Waals surface area contributed by atoms with Crippen LogP contribution in [0.15, 0.2) is 23.1 Å². The van der Waals surface area contributed by atoms with E-state index in [0.29, 0.717) is 6.61 Å². The van der Waals surface area contributed by atoms with Gasteiger partial charge in [0.05, 0.1) is 23.6 Å². The molecular formula is C12H17FN2O4S. The molecule has 0 heterocycles. The van der Waals surface area contributed by atoms with E-state index >= 15 is 0 Å². The van der Waals surface area contributed by atoms with Crippen LogP contribution in [0, 0.1) is 5.82 Å². The Bertz CT molecular complexity index is 589. The van der Waals surface area contributed by atoms with Crippen molar-refractivity contribution in [2.24, 2.45) is 5.14 Å². The third-order valence-electron chi connectivity index (χ3n) is 2.62. The fraction of sp³-hybridized carbons (Fsp3) is 0.417. The molecule has 0 aliphatic rings. The molecule has 20 heavy (non-hydrogen) atoms. The van der Waals surface area contributed by atoms with E-state index in [0.717, 1.165) is 6.07 Å². The third kappa shape index (κ3) is 4.46. The number of sulfonamides is 1. The summed E-state index contributed by atoms with van der Waals surface area (Å²) in [5.74, 6) is -1.09. The second kappa shape index (κ2) is 6.67. The van der Waals surface area contributed by atoms with Crippen LogP contribution in [0.25, 0.3) is 0 Å². The number of hydrogen-bond acceptors (Lipinski definition) is 5. The molecule has 0 atom stereocenters. The minimum Gasteiger partial charge on any atom is -0.466 e. The highest BCUT2D eigenvalue weighted by atomic mass is 32.2. The highest BCUT2D eigenvalue weighted by Gasteiger charge is 2.14. The molecule has 112 valence electrons. The predicted molar refractivity (Wildman–Crippen MR) is 72.3 cm³/mol. The summed E-state index contributed by atoms with van der Waals surface area (Å²) in [4.78, 5) is 12.4. The van der Waals surface area contributed by atoms with Crippen molar-refractivity contribution < 1.29 is 22.3 Å². The van der Waals surface area contributed by atoms with Crippen molar-refractivity contribution in [2.45, 2.75) is 18.2 Å². The fourth-order valence-electron chi connectivity index (χ4n) is 1.59. The standard InChI is InChI=1S/C12H17FN2O4S/c1-3-19-12(16)6-7-15(2)11-5-4-9(8-10(11)13)20(14,17)18/h4-5,8H,3,6-7H2,1-2H3,(H2,14,17,18). The number of benzene rings is 1. The van der Waals surface area contributed by atoms with E-state index in [9.17, 15) is 17.6 Å². The summed E-state index contributed by atoms with van der Waals surface area (Å²) in [6, 6.07) is 3.38. The number of carbonyl (C=O) groups excluding carboxylic acids is 1. The number of rotatable bonds is 6. The number of ether oxygens (including phenoxy) is 1. The summed E-state index contributed by atoms with van der Waals surface area (Å²) < 4.78 is 40.8. The van der Waals surface area contributed by atoms with E-state index in [4.69, 9.17) is 9.88 Å². The molecule has 2 N–H and O–H groups in total. The van der Waals surface area contributed by atoms with Gasteiger partial charge < -0.3 is 9.64 Å². The van der Waals surface area contributed by atoms with Gasteiger partial charge >= 0.3 is 5.97 Å². The lowest BCUT2D eigenvalue weighted by Gasteiger charge is -2.19. The fourth-order valence-corrected chi connectivity index (χ4v) is 2.11. The number of nitrogens with two attached hydrogens (primary N) is 1. The van der Waals surface area contributed by atoms with Crippen LogP contribution in [0.3, 0.4) is 0 Å². The van der Waals surface area contributed by atoms with Crippen LogP contribution < -0.4 is 10.0 Å². The van der Waals surface area contributed by atoms with Gasteiger partial charge in [0.25, 0.3) is 0 Å². The summed E-state index contributed by atoms with van der Waals surface area (Å²) in [5.41, 5.74) is 0.182. The zero-order chi connectivity index (χ0) is 15.3. The Morgan fingerprint density at radius 2 is 2.10 bits per heavy atom. The van der Waals surface area contributed by atoms with Gasteiger partial charge in [0, 0.05) is 13.6 Å². The van der Waals surface area contributed by atoms with Crippen molar-refractivity contribution in [3.05, 3.63) is 24.0 Å². The van der Waals surface area contributed by atoms with Crippen LogP contribution in [0.5, 0.6) is 0 Å². The molecule has 0 saturated carbocycles. The average molecular weight is 304 g/mol. The van der Waals surface area contributed by atoms with Crippen molar-refractivity contribution in [3.63, 3.8) is 0 Å². The van der Waals surface area contributed by atoms with Crippen molar-refractivity contribution in [1.82, 2.24) is 0 Å². The van der Waals surface area contributed by atoms with Crippen LogP contribution in [-0.4, -0.2) is 34.6 Å². The summed E-state index contributed by atoms with van der Waals surface area (Å²) in [6.07, 6.45) is 0.112. The first-order valence-corrected chi connectivity index (χ1v) is 7.49. The summed E-state index contributed by atoms with van der Waals surface area (Å²) in [6.45, 7) is 2.25. The second-order valence-corrected chi connectivity index (χ2v) is 5.70. The maximum atomic E-state index is 13.8. The highest BCUT2D eigenvalue weighted by Crippen LogP contribution is 2.21. The minimum atomic E-state index is -3.93. The third-order valence-corrected chi connectivity index (χ3v) is 3.53. The molecule has 0 radical (unpaired) electrons. The Morgan fingerprint density at radius 3 is 2.60 bits per heavy atom. The first-order chi connectivity index (χ1) is 9.25. The molecule has 0 saturated heterocycles. The van der Waals surface area contributed by atoms with Gasteiger partial charge in [-0.3, -0.25) is 4.79 Å². The number of hydrogen-bond donors (Lipinski definition) is 1. The van der Waals surface area contributed by atoms with E-state index in [-0.39, 0.29) is 29.5 Å². The van der Waals surface area contributed by atoms with Crippen molar-refractivity contribution in [1.29, 1.82) is 0 Å². The number of anilines is 1. The van der Waals surface area contributed by atoms with Crippen LogP contribution in [0.4, 0.5) is 10.1 Å². The minimum absolute atomic E-state index is 0.112. The number of primary sulfonamides is 1. The van der Waals surface area contributed by atoms with Crippen LogP contribution in [0.1, 0.15) is 13.3 Å².